The predicted molar refractivity (Wildman–Crippen MR) is 148 cm³/mol. The normalized spacial score (nSPS) is 23.4. The monoisotopic (exact) mass is 550 g/mol. The zero-order valence-corrected chi connectivity index (χ0v) is 22.4. The van der Waals surface area contributed by atoms with Crippen molar-refractivity contribution in [3.63, 3.8) is 0 Å². The van der Waals surface area contributed by atoms with E-state index in [9.17, 15) is 9.90 Å². The van der Waals surface area contributed by atoms with Crippen LogP contribution in [0.4, 0.5) is 0 Å². The van der Waals surface area contributed by atoms with E-state index in [1.807, 2.05) is 18.6 Å². The van der Waals surface area contributed by atoms with Crippen molar-refractivity contribution in [2.24, 2.45) is 0 Å². The number of carboxylic acids is 1. The van der Waals surface area contributed by atoms with Gasteiger partial charge >= 0.3 is 5.97 Å². The van der Waals surface area contributed by atoms with Crippen LogP contribution in [0.15, 0.2) is 50.1 Å². The van der Waals surface area contributed by atoms with Crippen LogP contribution in [0.25, 0.3) is 0 Å². The van der Waals surface area contributed by atoms with Crippen molar-refractivity contribution in [2.45, 2.75) is 49.9 Å². The lowest BCUT2D eigenvalue weighted by Gasteiger charge is -2.36. The number of aromatic amines is 4. The molecule has 0 radical (unpaired) electrons. The minimum absolute atomic E-state index is 0.00431. The summed E-state index contributed by atoms with van der Waals surface area (Å²) in [4.78, 5) is 43.7. The Labute approximate surface area is 232 Å². The van der Waals surface area contributed by atoms with Gasteiger partial charge in [0.1, 0.15) is 0 Å². The van der Waals surface area contributed by atoms with Gasteiger partial charge in [-0.25, -0.2) is 19.9 Å². The first-order valence-corrected chi connectivity index (χ1v) is 13.7. The first-order chi connectivity index (χ1) is 19.6. The smallest absolute Gasteiger partial charge is 0.317 e. The maximum absolute atomic E-state index is 12.1. The summed E-state index contributed by atoms with van der Waals surface area (Å²) in [6, 6.07) is 0.146. The van der Waals surface area contributed by atoms with E-state index < -0.39 is 5.97 Å². The lowest BCUT2D eigenvalue weighted by atomic mass is 10.0. The summed E-state index contributed by atoms with van der Waals surface area (Å²) in [5.41, 5.74) is 4.07. The Hall–Kier alpha value is -3.85. The number of hydrogen-bond acceptors (Lipinski definition) is 9. The second kappa shape index (κ2) is 14.0. The highest BCUT2D eigenvalue weighted by Crippen LogP contribution is 2.12. The zero-order valence-electron chi connectivity index (χ0n) is 22.4. The molecule has 0 bridgehead atoms. The molecule has 214 valence electrons. The molecule has 0 aliphatic carbocycles. The third-order valence-corrected chi connectivity index (χ3v) is 7.33. The van der Waals surface area contributed by atoms with Gasteiger partial charge < -0.3 is 41.0 Å². The van der Waals surface area contributed by atoms with Crippen molar-refractivity contribution in [2.75, 3.05) is 32.7 Å². The van der Waals surface area contributed by atoms with Gasteiger partial charge in [-0.15, -0.1) is 0 Å². The van der Waals surface area contributed by atoms with Crippen molar-refractivity contribution in [1.82, 2.24) is 60.7 Å². The molecule has 14 nitrogen and oxygen atoms in total. The van der Waals surface area contributed by atoms with Crippen molar-refractivity contribution in [3.8, 4) is 0 Å². The van der Waals surface area contributed by atoms with Gasteiger partial charge in [-0.05, 0) is 0 Å². The number of aliphatic carboxylic acids is 1. The van der Waals surface area contributed by atoms with E-state index in [1.165, 1.54) is 0 Å². The number of imidazole rings is 4. The first-order valence-electron chi connectivity index (χ1n) is 13.7. The second-order valence-corrected chi connectivity index (χ2v) is 10.4. The number of nitrogens with zero attached hydrogens (tertiary/aromatic N) is 5. The molecule has 14 heteroatoms. The molecule has 1 saturated heterocycles. The van der Waals surface area contributed by atoms with Crippen molar-refractivity contribution < 1.29 is 9.90 Å². The third-order valence-electron chi connectivity index (χ3n) is 7.33. The molecular weight excluding hydrogens is 512 g/mol. The molecule has 0 unspecified atom stereocenters. The highest BCUT2D eigenvalue weighted by atomic mass is 16.4. The van der Waals surface area contributed by atoms with E-state index in [0.717, 1.165) is 42.2 Å². The standard InChI is InChI=1S/C26H38N12O2/c39-26(40)13-38-12-24(3-20-7-29-16-36-20)32-10-21(1-18-5-27-14-34-18)31-9-22(2-19-6-28-15-35-19)33-11-25(38)4-23-8-30-17-37-23/h5-8,14-17,21-22,24-25,31-33H,1-4,9-13H2,(H,27,34)(H,28,35)(H,29,36)(H,30,37)(H,39,40)/t21-,22-,24-,25-/m0/s1. The fraction of sp³-hybridized carbons (Fsp3) is 0.500. The van der Waals surface area contributed by atoms with Gasteiger partial charge in [-0.2, -0.15) is 0 Å². The van der Waals surface area contributed by atoms with Crippen LogP contribution >= 0.6 is 0 Å². The Bertz CT molecular complexity index is 1230. The van der Waals surface area contributed by atoms with Crippen molar-refractivity contribution in [3.05, 3.63) is 72.9 Å². The molecule has 4 aromatic heterocycles. The third kappa shape index (κ3) is 8.32. The largest absolute Gasteiger partial charge is 0.480 e. The van der Waals surface area contributed by atoms with Gasteiger partial charge in [0.05, 0.1) is 31.9 Å². The molecule has 4 atom stereocenters. The number of rotatable bonds is 10. The van der Waals surface area contributed by atoms with Crippen LogP contribution in [-0.2, 0) is 30.5 Å². The molecule has 1 fully saturated rings. The lowest BCUT2D eigenvalue weighted by Crippen LogP contribution is -2.57. The minimum atomic E-state index is -0.852. The summed E-state index contributed by atoms with van der Waals surface area (Å²) < 4.78 is 0. The average molecular weight is 551 g/mol. The molecule has 5 heterocycles. The van der Waals surface area contributed by atoms with Gasteiger partial charge in [-0.3, -0.25) is 9.69 Å². The quantitative estimate of drug-likeness (QED) is 0.128. The zero-order chi connectivity index (χ0) is 27.6. The molecule has 0 amide bonds. The number of nitrogens with one attached hydrogen (secondary N) is 7. The molecule has 4 aromatic rings. The van der Waals surface area contributed by atoms with E-state index in [4.69, 9.17) is 0 Å². The minimum Gasteiger partial charge on any atom is -0.480 e. The number of carbonyl (C=O) groups is 1. The predicted octanol–water partition coefficient (Wildman–Crippen LogP) is -0.507. The number of H-pyrrole nitrogens is 4. The van der Waals surface area contributed by atoms with Gasteiger partial charge in [0, 0.05) is 124 Å². The van der Waals surface area contributed by atoms with Crippen LogP contribution in [0.5, 0.6) is 0 Å². The molecule has 40 heavy (non-hydrogen) atoms. The first kappa shape index (κ1) is 27.7. The van der Waals surface area contributed by atoms with Crippen molar-refractivity contribution >= 4 is 5.97 Å². The molecule has 5 rings (SSSR count). The molecule has 8 N–H and O–H groups in total. The van der Waals surface area contributed by atoms with E-state index in [1.54, 1.807) is 31.5 Å². The van der Waals surface area contributed by atoms with Crippen molar-refractivity contribution in [1.29, 1.82) is 0 Å². The van der Waals surface area contributed by atoms with Crippen LogP contribution in [0.1, 0.15) is 22.8 Å². The maximum Gasteiger partial charge on any atom is 0.317 e. The molecule has 0 aromatic carbocycles. The van der Waals surface area contributed by atoms with Crippen LogP contribution in [-0.4, -0.2) is 113 Å². The highest BCUT2D eigenvalue weighted by molar-refractivity contribution is 5.69. The van der Waals surface area contributed by atoms with Crippen LogP contribution in [0, 0.1) is 0 Å². The molecular formula is C26H38N12O2. The topological polar surface area (TPSA) is 191 Å². The van der Waals surface area contributed by atoms with E-state index in [0.29, 0.717) is 32.5 Å². The fourth-order valence-electron chi connectivity index (χ4n) is 5.32. The molecule has 0 saturated carbocycles. The van der Waals surface area contributed by atoms with Crippen LogP contribution in [0.2, 0.25) is 0 Å². The van der Waals surface area contributed by atoms with Crippen LogP contribution in [0.3, 0.4) is 0 Å². The van der Waals surface area contributed by atoms with E-state index in [2.05, 4.69) is 60.7 Å². The number of aromatic nitrogens is 8. The van der Waals surface area contributed by atoms with E-state index >= 15 is 0 Å². The summed E-state index contributed by atoms with van der Waals surface area (Å²) in [7, 11) is 0. The average Bonchev–Trinajstić information content (AvgIpc) is 3.75. The van der Waals surface area contributed by atoms with Gasteiger partial charge in [-0.1, -0.05) is 0 Å². The van der Waals surface area contributed by atoms with Gasteiger partial charge in [0.25, 0.3) is 0 Å². The Morgan fingerprint density at radius 3 is 1.55 bits per heavy atom. The molecule has 0 spiro atoms. The number of hydrogen-bond donors (Lipinski definition) is 8. The van der Waals surface area contributed by atoms with E-state index in [-0.39, 0.29) is 30.7 Å². The lowest BCUT2D eigenvalue weighted by molar-refractivity contribution is -0.139. The van der Waals surface area contributed by atoms with Gasteiger partial charge in [0.2, 0.25) is 0 Å². The van der Waals surface area contributed by atoms with Crippen LogP contribution < -0.4 is 16.0 Å². The summed E-state index contributed by atoms with van der Waals surface area (Å²) in [6.45, 7) is 2.51. The fourth-order valence-corrected chi connectivity index (χ4v) is 5.32. The summed E-state index contributed by atoms with van der Waals surface area (Å²) in [5, 5.41) is 21.2. The maximum atomic E-state index is 12.1. The Morgan fingerprint density at radius 1 is 0.675 bits per heavy atom. The van der Waals surface area contributed by atoms with Gasteiger partial charge in [0.15, 0.2) is 0 Å². The Balaban J connectivity index is 1.40. The summed E-state index contributed by atoms with van der Waals surface area (Å²) in [6.07, 6.45) is 16.9. The molecule has 1 aliphatic rings. The SMILES string of the molecule is O=C(O)CN1C[C@H](Cc2cnc[nH]2)NC[C@H](Cc2cnc[nH]2)NC[C@H](Cc2cnc[nH]2)NC[C@@H]1Cc1cnc[nH]1. The highest BCUT2D eigenvalue weighted by Gasteiger charge is 2.28. The summed E-state index contributed by atoms with van der Waals surface area (Å²) in [5.74, 6) is -0.852. The second-order valence-electron chi connectivity index (χ2n) is 10.4. The Morgan fingerprint density at radius 2 is 1.10 bits per heavy atom. The summed E-state index contributed by atoms with van der Waals surface area (Å²) >= 11 is 0. The molecule has 1 aliphatic heterocycles. The number of carboxylic acid groups (broad SMARTS) is 1. The Kier molecular flexibility index (Phi) is 9.68.